The molecule has 0 aliphatic heterocycles. The Bertz CT molecular complexity index is 328. The minimum absolute atomic E-state index is 0.543. The van der Waals surface area contributed by atoms with E-state index in [9.17, 15) is 0 Å². The van der Waals surface area contributed by atoms with Crippen molar-refractivity contribution < 1.29 is 4.74 Å². The minimum atomic E-state index is 0.543. The molecular weight excluding hydrogens is 284 g/mol. The summed E-state index contributed by atoms with van der Waals surface area (Å²) in [5, 5.41) is 0. The number of halogens is 1. The monoisotopic (exact) mass is 302 g/mol. The van der Waals surface area contributed by atoms with Crippen LogP contribution in [0.2, 0.25) is 0 Å². The summed E-state index contributed by atoms with van der Waals surface area (Å²) >= 11 is 7.86. The molecule has 0 aromatic heterocycles. The SMILES string of the molecule is CCCC(CS)COc1ccc(C)cc1Br. The molecule has 0 spiro atoms. The van der Waals surface area contributed by atoms with Crippen LogP contribution in [0.15, 0.2) is 22.7 Å². The third kappa shape index (κ3) is 4.38. The molecule has 0 amide bonds. The minimum Gasteiger partial charge on any atom is -0.492 e. The Hall–Kier alpha value is -0.150. The molecule has 1 rings (SSSR count). The summed E-state index contributed by atoms with van der Waals surface area (Å²) in [6.45, 7) is 5.01. The van der Waals surface area contributed by atoms with Crippen molar-refractivity contribution in [3.05, 3.63) is 28.2 Å². The molecule has 0 heterocycles. The molecule has 0 N–H and O–H groups in total. The fourth-order valence-corrected chi connectivity index (χ4v) is 2.46. The molecule has 90 valence electrons. The molecular formula is C13H19BrOS. The number of thiol groups is 1. The summed E-state index contributed by atoms with van der Waals surface area (Å²) in [5.41, 5.74) is 1.23. The molecule has 0 aliphatic carbocycles. The number of hydrogen-bond donors (Lipinski definition) is 1. The van der Waals surface area contributed by atoms with Gasteiger partial charge in [-0.25, -0.2) is 0 Å². The fraction of sp³-hybridized carbons (Fsp3) is 0.538. The summed E-state index contributed by atoms with van der Waals surface area (Å²) in [7, 11) is 0. The van der Waals surface area contributed by atoms with E-state index >= 15 is 0 Å². The Morgan fingerprint density at radius 3 is 2.75 bits per heavy atom. The van der Waals surface area contributed by atoms with Gasteiger partial charge in [0, 0.05) is 5.92 Å². The maximum atomic E-state index is 5.80. The Morgan fingerprint density at radius 2 is 2.19 bits per heavy atom. The van der Waals surface area contributed by atoms with Crippen molar-refractivity contribution in [1.82, 2.24) is 0 Å². The molecule has 0 aliphatic rings. The second kappa shape index (κ2) is 7.23. The van der Waals surface area contributed by atoms with E-state index in [-0.39, 0.29) is 0 Å². The molecule has 3 heteroatoms. The molecule has 0 saturated heterocycles. The smallest absolute Gasteiger partial charge is 0.133 e. The average Bonchev–Trinajstić information content (AvgIpc) is 2.26. The van der Waals surface area contributed by atoms with E-state index in [0.717, 1.165) is 22.6 Å². The summed E-state index contributed by atoms with van der Waals surface area (Å²) < 4.78 is 6.83. The lowest BCUT2D eigenvalue weighted by Gasteiger charge is -2.15. The maximum Gasteiger partial charge on any atom is 0.133 e. The van der Waals surface area contributed by atoms with Gasteiger partial charge < -0.3 is 4.74 Å². The maximum absolute atomic E-state index is 5.80. The van der Waals surface area contributed by atoms with Crippen molar-refractivity contribution in [3.63, 3.8) is 0 Å². The Balaban J connectivity index is 2.53. The third-order valence-electron chi connectivity index (χ3n) is 2.52. The highest BCUT2D eigenvalue weighted by Crippen LogP contribution is 2.26. The largest absolute Gasteiger partial charge is 0.492 e. The first-order chi connectivity index (χ1) is 7.67. The van der Waals surface area contributed by atoms with Crippen molar-refractivity contribution in [3.8, 4) is 5.75 Å². The lowest BCUT2D eigenvalue weighted by atomic mass is 10.1. The normalized spacial score (nSPS) is 12.5. The number of rotatable bonds is 6. The fourth-order valence-electron chi connectivity index (χ4n) is 1.57. The van der Waals surface area contributed by atoms with Crippen LogP contribution >= 0.6 is 28.6 Å². The molecule has 1 atom stereocenters. The van der Waals surface area contributed by atoms with Gasteiger partial charge >= 0.3 is 0 Å². The van der Waals surface area contributed by atoms with Gasteiger partial charge in [0.15, 0.2) is 0 Å². The molecule has 0 fully saturated rings. The van der Waals surface area contributed by atoms with E-state index in [1.54, 1.807) is 0 Å². The second-order valence-corrected chi connectivity index (χ2v) is 5.30. The molecule has 0 bridgehead atoms. The standard InChI is InChI=1S/C13H19BrOS/c1-3-4-11(9-16)8-15-13-6-5-10(2)7-12(13)14/h5-7,11,16H,3-4,8-9H2,1-2H3. The van der Waals surface area contributed by atoms with Gasteiger partial charge in [-0.2, -0.15) is 12.6 Å². The summed E-state index contributed by atoms with van der Waals surface area (Å²) in [6.07, 6.45) is 2.36. The van der Waals surface area contributed by atoms with Gasteiger partial charge in [0.1, 0.15) is 5.75 Å². The van der Waals surface area contributed by atoms with E-state index in [1.807, 2.05) is 6.07 Å². The van der Waals surface area contributed by atoms with E-state index in [1.165, 1.54) is 18.4 Å². The lowest BCUT2D eigenvalue weighted by Crippen LogP contribution is -2.13. The van der Waals surface area contributed by atoms with Crippen LogP contribution in [0.5, 0.6) is 5.75 Å². The van der Waals surface area contributed by atoms with Crippen molar-refractivity contribution in [2.75, 3.05) is 12.4 Å². The predicted octanol–water partition coefficient (Wildman–Crippen LogP) is 4.48. The molecule has 0 radical (unpaired) electrons. The highest BCUT2D eigenvalue weighted by molar-refractivity contribution is 9.10. The second-order valence-electron chi connectivity index (χ2n) is 4.08. The van der Waals surface area contributed by atoms with E-state index in [4.69, 9.17) is 4.74 Å². The Morgan fingerprint density at radius 1 is 1.44 bits per heavy atom. The van der Waals surface area contributed by atoms with Crippen LogP contribution in [0.1, 0.15) is 25.3 Å². The van der Waals surface area contributed by atoms with E-state index < -0.39 is 0 Å². The van der Waals surface area contributed by atoms with E-state index in [0.29, 0.717) is 5.92 Å². The first-order valence-corrected chi connectivity index (χ1v) is 7.09. The van der Waals surface area contributed by atoms with Crippen LogP contribution in [0.25, 0.3) is 0 Å². The molecule has 16 heavy (non-hydrogen) atoms. The van der Waals surface area contributed by atoms with Gasteiger partial charge in [-0.3, -0.25) is 0 Å². The van der Waals surface area contributed by atoms with Gasteiger partial charge in [0.25, 0.3) is 0 Å². The summed E-state index contributed by atoms with van der Waals surface area (Å²) in [4.78, 5) is 0. The number of aryl methyl sites for hydroxylation is 1. The van der Waals surface area contributed by atoms with Crippen LogP contribution in [-0.2, 0) is 0 Å². The van der Waals surface area contributed by atoms with Crippen LogP contribution in [-0.4, -0.2) is 12.4 Å². The lowest BCUT2D eigenvalue weighted by molar-refractivity contribution is 0.253. The number of ether oxygens (including phenoxy) is 1. The first-order valence-electron chi connectivity index (χ1n) is 5.67. The van der Waals surface area contributed by atoms with Gasteiger partial charge in [-0.05, 0) is 52.7 Å². The van der Waals surface area contributed by atoms with Gasteiger partial charge in [-0.1, -0.05) is 19.4 Å². The van der Waals surface area contributed by atoms with E-state index in [2.05, 4.69) is 54.5 Å². The van der Waals surface area contributed by atoms with Crippen molar-refractivity contribution in [2.24, 2.45) is 5.92 Å². The van der Waals surface area contributed by atoms with Gasteiger partial charge in [0.05, 0.1) is 11.1 Å². The predicted molar refractivity (Wildman–Crippen MR) is 76.6 cm³/mol. The zero-order valence-corrected chi connectivity index (χ0v) is 12.4. The van der Waals surface area contributed by atoms with Crippen LogP contribution in [0, 0.1) is 12.8 Å². The number of benzene rings is 1. The zero-order chi connectivity index (χ0) is 12.0. The highest BCUT2D eigenvalue weighted by atomic mass is 79.9. The van der Waals surface area contributed by atoms with Crippen LogP contribution in [0.4, 0.5) is 0 Å². The quantitative estimate of drug-likeness (QED) is 0.762. The van der Waals surface area contributed by atoms with Crippen molar-refractivity contribution >= 4 is 28.6 Å². The van der Waals surface area contributed by atoms with Crippen LogP contribution in [0.3, 0.4) is 0 Å². The first kappa shape index (κ1) is 13.9. The van der Waals surface area contributed by atoms with Crippen molar-refractivity contribution in [1.29, 1.82) is 0 Å². The average molecular weight is 303 g/mol. The molecule has 0 saturated carbocycles. The summed E-state index contributed by atoms with van der Waals surface area (Å²) in [5.74, 6) is 2.35. The third-order valence-corrected chi connectivity index (χ3v) is 3.65. The van der Waals surface area contributed by atoms with Gasteiger partial charge in [0.2, 0.25) is 0 Å². The number of hydrogen-bond acceptors (Lipinski definition) is 2. The molecule has 1 aromatic carbocycles. The Kier molecular flexibility index (Phi) is 6.29. The van der Waals surface area contributed by atoms with Gasteiger partial charge in [-0.15, -0.1) is 0 Å². The summed E-state index contributed by atoms with van der Waals surface area (Å²) in [6, 6.07) is 6.15. The topological polar surface area (TPSA) is 9.23 Å². The molecule has 1 aromatic rings. The van der Waals surface area contributed by atoms with Crippen molar-refractivity contribution in [2.45, 2.75) is 26.7 Å². The van der Waals surface area contributed by atoms with Crippen LogP contribution < -0.4 is 4.74 Å². The highest BCUT2D eigenvalue weighted by Gasteiger charge is 2.08. The Labute approximate surface area is 112 Å². The molecule has 1 nitrogen and oxygen atoms in total. The zero-order valence-electron chi connectivity index (χ0n) is 9.87. The molecule has 1 unspecified atom stereocenters.